The minimum atomic E-state index is -1.18. The molecule has 0 heterocycles. The predicted molar refractivity (Wildman–Crippen MR) is 161 cm³/mol. The Morgan fingerprint density at radius 3 is 2.21 bits per heavy atom. The van der Waals surface area contributed by atoms with Crippen LogP contribution in [0.4, 0.5) is 10.5 Å². The molecule has 0 radical (unpaired) electrons. The maximum Gasteiger partial charge on any atom is 0.408 e. The summed E-state index contributed by atoms with van der Waals surface area (Å²) in [5, 5.41) is 25.1. The molecule has 0 saturated carbocycles. The van der Waals surface area contributed by atoms with Gasteiger partial charge in [-0.05, 0) is 87.6 Å². The number of nitrogens with one attached hydrogen (secondary N) is 2. The largest absolute Gasteiger partial charge is 0.508 e. The van der Waals surface area contributed by atoms with Gasteiger partial charge in [0.1, 0.15) is 30.0 Å². The van der Waals surface area contributed by atoms with Crippen molar-refractivity contribution in [2.24, 2.45) is 0 Å². The van der Waals surface area contributed by atoms with Gasteiger partial charge in [-0.3, -0.25) is 9.59 Å². The van der Waals surface area contributed by atoms with Gasteiger partial charge >= 0.3 is 6.09 Å². The summed E-state index contributed by atoms with van der Waals surface area (Å²) in [6.07, 6.45) is -0.789. The van der Waals surface area contributed by atoms with Crippen LogP contribution in [0.5, 0.6) is 5.75 Å². The Balaban J connectivity index is 2.08. The molecule has 0 spiro atoms. The summed E-state index contributed by atoms with van der Waals surface area (Å²) in [5.74, 6) is -1.09. The fourth-order valence-electron chi connectivity index (χ4n) is 4.41. The maximum absolute atomic E-state index is 14.3. The number of anilines is 1. The molecule has 3 amide bonds. The van der Waals surface area contributed by atoms with Crippen molar-refractivity contribution in [1.29, 1.82) is 5.26 Å². The van der Waals surface area contributed by atoms with E-state index in [9.17, 15) is 24.8 Å². The second kappa shape index (κ2) is 13.7. The Labute approximate surface area is 247 Å². The Kier molecular flexibility index (Phi) is 10.3. The first-order valence-corrected chi connectivity index (χ1v) is 13.7. The van der Waals surface area contributed by atoms with Crippen LogP contribution in [0.25, 0.3) is 0 Å². The fraction of sp³-hybridized carbons (Fsp3) is 0.333. The number of aryl methyl sites for hydroxylation is 3. The summed E-state index contributed by atoms with van der Waals surface area (Å²) in [7, 11) is 0. The van der Waals surface area contributed by atoms with Crippen LogP contribution in [0, 0.1) is 32.1 Å². The monoisotopic (exact) mass is 570 g/mol. The van der Waals surface area contributed by atoms with Gasteiger partial charge in [0, 0.05) is 12.1 Å². The number of phenolic OH excluding ortho intramolecular Hbond substituents is 1. The average Bonchev–Trinajstić information content (AvgIpc) is 2.91. The van der Waals surface area contributed by atoms with Crippen molar-refractivity contribution in [2.75, 3.05) is 11.9 Å². The highest BCUT2D eigenvalue weighted by molar-refractivity contribution is 5.99. The third kappa shape index (κ3) is 8.58. The van der Waals surface area contributed by atoms with E-state index in [1.54, 1.807) is 51.1 Å². The molecule has 2 atom stereocenters. The number of carbonyl (C=O) groups excluding carboxylic acids is 3. The van der Waals surface area contributed by atoms with Gasteiger partial charge < -0.3 is 25.4 Å². The number of aromatic hydroxyl groups is 1. The molecule has 3 aromatic carbocycles. The van der Waals surface area contributed by atoms with E-state index in [-0.39, 0.29) is 12.2 Å². The zero-order chi connectivity index (χ0) is 31.0. The molecule has 9 nitrogen and oxygen atoms in total. The maximum atomic E-state index is 14.3. The van der Waals surface area contributed by atoms with Crippen molar-refractivity contribution in [3.05, 3.63) is 94.5 Å². The summed E-state index contributed by atoms with van der Waals surface area (Å²) in [6.45, 7) is 10.4. The number of hydrogen-bond donors (Lipinski definition) is 3. The van der Waals surface area contributed by atoms with Gasteiger partial charge in [0.25, 0.3) is 5.91 Å². The minimum absolute atomic E-state index is 0.0271. The number of benzene rings is 3. The van der Waals surface area contributed by atoms with Gasteiger partial charge in [0.05, 0.1) is 6.07 Å². The average molecular weight is 571 g/mol. The molecule has 3 aromatic rings. The number of alkyl carbamates (subject to hydrolysis) is 1. The highest BCUT2D eigenvalue weighted by Gasteiger charge is 2.36. The lowest BCUT2D eigenvalue weighted by Gasteiger charge is -2.33. The molecular formula is C33H38N4O5. The number of nitrogens with zero attached hydrogens (tertiary/aromatic N) is 2. The van der Waals surface area contributed by atoms with Crippen LogP contribution in [0.3, 0.4) is 0 Å². The Morgan fingerprint density at radius 1 is 0.952 bits per heavy atom. The number of hydrogen-bond acceptors (Lipinski definition) is 6. The molecule has 9 heteroatoms. The summed E-state index contributed by atoms with van der Waals surface area (Å²) < 4.78 is 5.42. The Hall–Kier alpha value is -4.84. The van der Waals surface area contributed by atoms with Gasteiger partial charge in [-0.2, -0.15) is 5.26 Å². The van der Waals surface area contributed by atoms with Crippen LogP contribution in [-0.2, 0) is 20.7 Å². The molecule has 3 rings (SSSR count). The van der Waals surface area contributed by atoms with Crippen molar-refractivity contribution in [1.82, 2.24) is 10.2 Å². The number of rotatable bonds is 9. The number of amides is 3. The molecule has 2 unspecified atom stereocenters. The molecule has 0 bridgehead atoms. The highest BCUT2D eigenvalue weighted by atomic mass is 16.6. The smallest absolute Gasteiger partial charge is 0.408 e. The quantitative estimate of drug-likeness (QED) is 0.292. The van der Waals surface area contributed by atoms with Crippen LogP contribution in [0.2, 0.25) is 0 Å². The highest BCUT2D eigenvalue weighted by Crippen LogP contribution is 2.27. The molecule has 0 fully saturated rings. The van der Waals surface area contributed by atoms with E-state index in [1.165, 1.54) is 17.0 Å². The number of carbonyl (C=O) groups is 3. The van der Waals surface area contributed by atoms with Crippen LogP contribution in [0.15, 0.2) is 66.7 Å². The van der Waals surface area contributed by atoms with E-state index < -0.39 is 42.1 Å². The normalized spacial score (nSPS) is 12.4. The van der Waals surface area contributed by atoms with E-state index in [0.29, 0.717) is 16.8 Å². The second-order valence-corrected chi connectivity index (χ2v) is 11.2. The lowest BCUT2D eigenvalue weighted by molar-refractivity contribution is -0.140. The standard InChI is InChI=1S/C33H38N4O5/c1-21-11-14-25(19-23(21)3)29(30(39)35-27-10-8-7-9-22(27)2)37(18-17-34)31(40)28(36-32(41)42-33(4,5)6)20-24-12-15-26(38)16-13-24/h7-16,19,28-29,38H,18,20H2,1-6H3,(H,35,39)(H,36,41). The van der Waals surface area contributed by atoms with Gasteiger partial charge in [-0.1, -0.05) is 48.5 Å². The predicted octanol–water partition coefficient (Wildman–Crippen LogP) is 5.49. The van der Waals surface area contributed by atoms with Gasteiger partial charge in [0.15, 0.2) is 0 Å². The van der Waals surface area contributed by atoms with E-state index in [2.05, 4.69) is 10.6 Å². The summed E-state index contributed by atoms with van der Waals surface area (Å²) in [4.78, 5) is 42.3. The van der Waals surface area contributed by atoms with Crippen LogP contribution in [0.1, 0.15) is 54.6 Å². The number of ether oxygens (including phenoxy) is 1. The Morgan fingerprint density at radius 2 is 1.62 bits per heavy atom. The topological polar surface area (TPSA) is 132 Å². The molecule has 0 saturated heterocycles. The van der Waals surface area contributed by atoms with Crippen molar-refractivity contribution >= 4 is 23.6 Å². The van der Waals surface area contributed by atoms with Crippen LogP contribution < -0.4 is 10.6 Å². The summed E-state index contributed by atoms with van der Waals surface area (Å²) in [5.41, 5.74) is 3.68. The van der Waals surface area contributed by atoms with Crippen molar-refractivity contribution in [3.63, 3.8) is 0 Å². The second-order valence-electron chi connectivity index (χ2n) is 11.2. The third-order valence-corrected chi connectivity index (χ3v) is 6.70. The lowest BCUT2D eigenvalue weighted by atomic mass is 9.97. The first kappa shape index (κ1) is 31.7. The summed E-state index contributed by atoms with van der Waals surface area (Å²) in [6, 6.07) is 18.6. The SMILES string of the molecule is Cc1ccc(C(C(=O)Nc2ccccc2C)N(CC#N)C(=O)C(Cc2ccc(O)cc2)NC(=O)OC(C)(C)C)cc1C. The minimum Gasteiger partial charge on any atom is -0.508 e. The van der Waals surface area contributed by atoms with Crippen molar-refractivity contribution < 1.29 is 24.2 Å². The molecule has 220 valence electrons. The first-order valence-electron chi connectivity index (χ1n) is 13.7. The van der Waals surface area contributed by atoms with E-state index >= 15 is 0 Å². The van der Waals surface area contributed by atoms with Gasteiger partial charge in [-0.25, -0.2) is 4.79 Å². The van der Waals surface area contributed by atoms with E-state index in [4.69, 9.17) is 4.74 Å². The lowest BCUT2D eigenvalue weighted by Crippen LogP contribution is -2.53. The Bertz CT molecular complexity index is 1470. The first-order chi connectivity index (χ1) is 19.8. The van der Waals surface area contributed by atoms with E-state index in [1.807, 2.05) is 51.1 Å². The van der Waals surface area contributed by atoms with Crippen LogP contribution >= 0.6 is 0 Å². The van der Waals surface area contributed by atoms with Gasteiger partial charge in [-0.15, -0.1) is 0 Å². The fourth-order valence-corrected chi connectivity index (χ4v) is 4.41. The van der Waals surface area contributed by atoms with Gasteiger partial charge in [0.2, 0.25) is 5.91 Å². The number of phenols is 1. The molecule has 3 N–H and O–H groups in total. The summed E-state index contributed by atoms with van der Waals surface area (Å²) >= 11 is 0. The molecule has 0 aliphatic rings. The third-order valence-electron chi connectivity index (χ3n) is 6.70. The molecule has 0 aliphatic heterocycles. The van der Waals surface area contributed by atoms with Crippen molar-refractivity contribution in [2.45, 2.75) is 65.6 Å². The van der Waals surface area contributed by atoms with Crippen LogP contribution in [-0.4, -0.2) is 46.1 Å². The molecule has 0 aliphatic carbocycles. The van der Waals surface area contributed by atoms with Crippen molar-refractivity contribution in [3.8, 4) is 11.8 Å². The molecule has 0 aromatic heterocycles. The zero-order valence-electron chi connectivity index (χ0n) is 24.9. The molecular weight excluding hydrogens is 532 g/mol. The van der Waals surface area contributed by atoms with E-state index in [0.717, 1.165) is 16.7 Å². The number of para-hydroxylation sites is 1. The zero-order valence-corrected chi connectivity index (χ0v) is 24.9. The molecule has 42 heavy (non-hydrogen) atoms. The number of nitriles is 1.